The first kappa shape index (κ1) is 19.4. The normalized spacial score (nSPS) is 18.7. The lowest BCUT2D eigenvalue weighted by atomic mass is 10.0. The van der Waals surface area contributed by atoms with Crippen molar-refractivity contribution in [3.63, 3.8) is 0 Å². The molecular weight excluding hydrogens is 344 g/mol. The highest BCUT2D eigenvalue weighted by Crippen LogP contribution is 2.23. The van der Waals surface area contributed by atoms with E-state index in [1.54, 1.807) is 31.2 Å². The van der Waals surface area contributed by atoms with Crippen molar-refractivity contribution in [3.8, 4) is 0 Å². The molecule has 1 aromatic carbocycles. The Hall–Kier alpha value is -1.93. The monoisotopic (exact) mass is 368 g/mol. The van der Waals surface area contributed by atoms with Crippen LogP contribution in [0.5, 0.6) is 0 Å². The van der Waals surface area contributed by atoms with Gasteiger partial charge in [0.15, 0.2) is 0 Å². The third kappa shape index (κ3) is 5.27. The Kier molecular flexibility index (Phi) is 6.55. The van der Waals surface area contributed by atoms with Crippen molar-refractivity contribution in [2.45, 2.75) is 45.1 Å². The zero-order valence-electron chi connectivity index (χ0n) is 14.3. The van der Waals surface area contributed by atoms with Gasteiger partial charge in [-0.15, -0.1) is 0 Å². The van der Waals surface area contributed by atoms with Gasteiger partial charge in [-0.3, -0.25) is 9.59 Å². The second-order valence-corrected chi connectivity index (χ2v) is 8.24. The molecular formula is C17H24N2O5S. The molecule has 1 atom stereocenters. The highest BCUT2D eigenvalue weighted by Gasteiger charge is 2.36. The predicted octanol–water partition coefficient (Wildman–Crippen LogP) is 1.85. The van der Waals surface area contributed by atoms with Crippen molar-refractivity contribution in [2.75, 3.05) is 17.6 Å². The van der Waals surface area contributed by atoms with Gasteiger partial charge in [0.25, 0.3) is 0 Å². The third-order valence-electron chi connectivity index (χ3n) is 4.13. The number of amides is 1. The first-order chi connectivity index (χ1) is 11.8. The average Bonchev–Trinajstić information content (AvgIpc) is 2.54. The van der Waals surface area contributed by atoms with Gasteiger partial charge >= 0.3 is 5.97 Å². The maximum absolute atomic E-state index is 12.6. The lowest BCUT2D eigenvalue weighted by molar-refractivity contribution is -0.136. The third-order valence-corrected chi connectivity index (χ3v) is 6.20. The molecule has 1 fully saturated rings. The van der Waals surface area contributed by atoms with E-state index in [9.17, 15) is 18.0 Å². The molecule has 1 amide bonds. The number of hydrogen-bond acceptors (Lipinski definition) is 4. The number of carbonyl (C=O) groups excluding carboxylic acids is 1. The second kappa shape index (κ2) is 8.44. The number of nitrogens with zero attached hydrogens (tertiary/aromatic N) is 1. The van der Waals surface area contributed by atoms with Crippen molar-refractivity contribution in [3.05, 3.63) is 29.8 Å². The fourth-order valence-electron chi connectivity index (χ4n) is 3.03. The minimum Gasteiger partial charge on any atom is -0.481 e. The standard InChI is InChI=1S/C17H24N2O5S/c1-2-10-25(23,24)19-9-4-3-8-15(19)17(22)18-14-7-5-6-13(11-14)12-16(20)21/h5-7,11,15H,2-4,8-10,12H2,1H3,(H,18,22)(H,20,21). The SMILES string of the molecule is CCCS(=O)(=O)N1CCCCC1C(=O)Nc1cccc(CC(=O)O)c1. The number of hydrogen-bond donors (Lipinski definition) is 2. The summed E-state index contributed by atoms with van der Waals surface area (Å²) in [6.07, 6.45) is 2.41. The van der Waals surface area contributed by atoms with Crippen LogP contribution in [0.25, 0.3) is 0 Å². The molecule has 7 nitrogen and oxygen atoms in total. The van der Waals surface area contributed by atoms with Crippen molar-refractivity contribution in [1.82, 2.24) is 4.31 Å². The molecule has 1 aliphatic rings. The number of carbonyl (C=O) groups is 2. The summed E-state index contributed by atoms with van der Waals surface area (Å²) in [6, 6.07) is 5.88. The quantitative estimate of drug-likeness (QED) is 0.764. The molecule has 0 radical (unpaired) electrons. The smallest absolute Gasteiger partial charge is 0.307 e. The van der Waals surface area contributed by atoms with E-state index in [4.69, 9.17) is 5.11 Å². The van der Waals surface area contributed by atoms with Gasteiger partial charge in [0.1, 0.15) is 6.04 Å². The summed E-state index contributed by atoms with van der Waals surface area (Å²) >= 11 is 0. The Bertz CT molecular complexity index is 732. The summed E-state index contributed by atoms with van der Waals surface area (Å²) in [5.74, 6) is -1.29. The highest BCUT2D eigenvalue weighted by molar-refractivity contribution is 7.89. The van der Waals surface area contributed by atoms with Gasteiger partial charge in [0, 0.05) is 12.2 Å². The van der Waals surface area contributed by atoms with Gasteiger partial charge in [-0.25, -0.2) is 8.42 Å². The molecule has 1 aromatic rings. The second-order valence-electron chi connectivity index (χ2n) is 6.20. The molecule has 25 heavy (non-hydrogen) atoms. The van der Waals surface area contributed by atoms with E-state index in [-0.39, 0.29) is 18.1 Å². The van der Waals surface area contributed by atoms with E-state index in [2.05, 4.69) is 5.32 Å². The molecule has 1 heterocycles. The summed E-state index contributed by atoms with van der Waals surface area (Å²) in [5.41, 5.74) is 1.05. The molecule has 1 saturated heterocycles. The predicted molar refractivity (Wildman–Crippen MR) is 94.8 cm³/mol. The number of carboxylic acids is 1. The summed E-state index contributed by atoms with van der Waals surface area (Å²) in [4.78, 5) is 23.4. The molecule has 0 aliphatic carbocycles. The summed E-state index contributed by atoms with van der Waals surface area (Å²) in [7, 11) is -3.45. The Morgan fingerprint density at radius 2 is 2.08 bits per heavy atom. The number of nitrogens with one attached hydrogen (secondary N) is 1. The maximum Gasteiger partial charge on any atom is 0.307 e. The van der Waals surface area contributed by atoms with Crippen LogP contribution >= 0.6 is 0 Å². The summed E-state index contributed by atoms with van der Waals surface area (Å²) < 4.78 is 26.1. The number of benzene rings is 1. The maximum atomic E-state index is 12.6. The molecule has 0 spiro atoms. The van der Waals surface area contributed by atoms with Crippen molar-refractivity contribution in [2.24, 2.45) is 0 Å². The van der Waals surface area contributed by atoms with E-state index >= 15 is 0 Å². The van der Waals surface area contributed by atoms with Gasteiger partial charge in [-0.1, -0.05) is 25.5 Å². The highest BCUT2D eigenvalue weighted by atomic mass is 32.2. The molecule has 0 saturated carbocycles. The van der Waals surface area contributed by atoms with Crippen molar-refractivity contribution < 1.29 is 23.1 Å². The topological polar surface area (TPSA) is 104 Å². The van der Waals surface area contributed by atoms with Gasteiger partial charge in [-0.2, -0.15) is 4.31 Å². The van der Waals surface area contributed by atoms with Crippen LogP contribution in [0.1, 0.15) is 38.2 Å². The van der Waals surface area contributed by atoms with Gasteiger partial charge < -0.3 is 10.4 Å². The number of rotatable bonds is 7. The van der Waals surface area contributed by atoms with Gasteiger partial charge in [0.2, 0.25) is 15.9 Å². The molecule has 1 aliphatic heterocycles. The van der Waals surface area contributed by atoms with Gasteiger partial charge in [0.05, 0.1) is 12.2 Å². The van der Waals surface area contributed by atoms with Crippen LogP contribution in [0.15, 0.2) is 24.3 Å². The van der Waals surface area contributed by atoms with E-state index in [0.717, 1.165) is 12.8 Å². The lowest BCUT2D eigenvalue weighted by Gasteiger charge is -2.33. The number of anilines is 1. The molecule has 0 bridgehead atoms. The Balaban J connectivity index is 2.14. The molecule has 8 heteroatoms. The van der Waals surface area contributed by atoms with Crippen LogP contribution in [0.4, 0.5) is 5.69 Å². The molecule has 1 unspecified atom stereocenters. The van der Waals surface area contributed by atoms with Crippen LogP contribution in [0, 0.1) is 0 Å². The number of piperidine rings is 1. The number of sulfonamides is 1. The molecule has 2 N–H and O–H groups in total. The lowest BCUT2D eigenvalue weighted by Crippen LogP contribution is -2.50. The first-order valence-electron chi connectivity index (χ1n) is 8.44. The van der Waals surface area contributed by atoms with E-state index in [1.807, 2.05) is 0 Å². The Labute approximate surface area is 148 Å². The molecule has 0 aromatic heterocycles. The van der Waals surface area contributed by atoms with E-state index in [1.165, 1.54) is 4.31 Å². The van der Waals surface area contributed by atoms with Crippen LogP contribution in [-0.2, 0) is 26.0 Å². The summed E-state index contributed by atoms with van der Waals surface area (Å²) in [5, 5.41) is 11.6. The van der Waals surface area contributed by atoms with E-state index < -0.39 is 22.0 Å². The van der Waals surface area contributed by atoms with Crippen molar-refractivity contribution >= 4 is 27.6 Å². The van der Waals surface area contributed by atoms with E-state index in [0.29, 0.717) is 30.6 Å². The molecule has 138 valence electrons. The minimum atomic E-state index is -3.45. The number of carboxylic acid groups (broad SMARTS) is 1. The first-order valence-corrected chi connectivity index (χ1v) is 10.1. The van der Waals surface area contributed by atoms with Gasteiger partial charge in [-0.05, 0) is 37.0 Å². The fourth-order valence-corrected chi connectivity index (χ4v) is 4.78. The van der Waals surface area contributed by atoms with Crippen LogP contribution in [0.2, 0.25) is 0 Å². The average molecular weight is 368 g/mol. The zero-order valence-corrected chi connectivity index (χ0v) is 15.1. The van der Waals surface area contributed by atoms with Crippen LogP contribution in [0.3, 0.4) is 0 Å². The Morgan fingerprint density at radius 3 is 2.76 bits per heavy atom. The number of aliphatic carboxylic acids is 1. The minimum absolute atomic E-state index is 0.0326. The van der Waals surface area contributed by atoms with Crippen molar-refractivity contribution in [1.29, 1.82) is 0 Å². The van der Waals surface area contributed by atoms with Crippen LogP contribution in [-0.4, -0.2) is 48.0 Å². The fraction of sp³-hybridized carbons (Fsp3) is 0.529. The zero-order chi connectivity index (χ0) is 18.4. The largest absolute Gasteiger partial charge is 0.481 e. The molecule has 2 rings (SSSR count). The van der Waals surface area contributed by atoms with Crippen LogP contribution < -0.4 is 5.32 Å². The Morgan fingerprint density at radius 1 is 1.32 bits per heavy atom. The summed E-state index contributed by atoms with van der Waals surface area (Å²) in [6.45, 7) is 2.16.